The Kier molecular flexibility index (Phi) is 156. The molecule has 9 heteroatoms. The summed E-state index contributed by atoms with van der Waals surface area (Å²) in [5, 5.41) is 0. The summed E-state index contributed by atoms with van der Waals surface area (Å²) in [5.41, 5.74) is 0. The van der Waals surface area contributed by atoms with Gasteiger partial charge in [0.25, 0.3) is 0 Å². The van der Waals surface area contributed by atoms with E-state index in [1.807, 2.05) is 20.8 Å². The second-order valence-corrected chi connectivity index (χ2v) is 1.48. The van der Waals surface area contributed by atoms with Crippen LogP contribution in [0, 0.1) is 0 Å². The Morgan fingerprint density at radius 3 is 1.07 bits per heavy atom. The average molecular weight is 521 g/mol. The minimum atomic E-state index is -0.0370. The number of hydrogen-bond acceptors (Lipinski definition) is 2. The second kappa shape index (κ2) is 44.1. The molecule has 0 spiro atoms. The molecule has 104 valence electrons. The van der Waals surface area contributed by atoms with Gasteiger partial charge in [-0.05, 0) is 20.8 Å². The number of ether oxygens (including phenoxy) is 2. The minimum absolute atomic E-state index is 0. The Morgan fingerprint density at radius 2 is 0.933 bits per heavy atom. The Labute approximate surface area is 144 Å². The van der Waals surface area contributed by atoms with Gasteiger partial charge in [-0.1, -0.05) is 0 Å². The van der Waals surface area contributed by atoms with E-state index in [1.165, 1.54) is 0 Å². The van der Waals surface area contributed by atoms with Crippen molar-refractivity contribution in [2.24, 2.45) is 0 Å². The van der Waals surface area contributed by atoms with Crippen LogP contribution in [0.1, 0.15) is 20.8 Å². The third-order valence-electron chi connectivity index (χ3n) is 0.803. The third-order valence-corrected chi connectivity index (χ3v) is 0.803. The number of rotatable bonds is 4. The molecule has 0 radical (unpaired) electrons. The van der Waals surface area contributed by atoms with Crippen molar-refractivity contribution in [2.75, 3.05) is 13.2 Å². The van der Waals surface area contributed by atoms with Gasteiger partial charge in [0, 0.05) is 34.3 Å². The zero-order valence-electron chi connectivity index (χ0n) is 8.67. The Morgan fingerprint density at radius 1 is 0.733 bits per heavy atom. The molecular formula is C6H20Cl6O2W. The molecule has 0 aromatic rings. The van der Waals surface area contributed by atoms with Gasteiger partial charge in [-0.3, -0.25) is 0 Å². The minimum Gasteiger partial charge on any atom is -0.353 e. The van der Waals surface area contributed by atoms with E-state index in [4.69, 9.17) is 9.47 Å². The summed E-state index contributed by atoms with van der Waals surface area (Å²) in [4.78, 5) is 0. The van der Waals surface area contributed by atoms with Crippen molar-refractivity contribution >= 4 is 74.4 Å². The van der Waals surface area contributed by atoms with E-state index in [0.717, 1.165) is 13.2 Å². The molecule has 0 fully saturated rings. The number of hydrogen-bond donors (Lipinski definition) is 0. The van der Waals surface area contributed by atoms with Gasteiger partial charge in [-0.25, -0.2) is 0 Å². The first-order chi connectivity index (χ1) is 3.81. The normalized spacial score (nSPS) is 5.60. The maximum absolute atomic E-state index is 5.06. The molecule has 15 heavy (non-hydrogen) atoms. The van der Waals surface area contributed by atoms with Crippen LogP contribution < -0.4 is 0 Å². The summed E-state index contributed by atoms with van der Waals surface area (Å²) in [6.45, 7) is 7.25. The molecule has 0 aliphatic carbocycles. The molecule has 0 aromatic heterocycles. The van der Waals surface area contributed by atoms with Crippen molar-refractivity contribution in [3.63, 3.8) is 0 Å². The molecule has 0 atom stereocenters. The first-order valence-corrected chi connectivity index (χ1v) is 3.04. The molecule has 0 amide bonds. The molecule has 0 aliphatic rings. The Bertz CT molecular complexity index is 58.9. The molecule has 0 aromatic carbocycles. The van der Waals surface area contributed by atoms with Gasteiger partial charge in [-0.2, -0.15) is 0 Å². The van der Waals surface area contributed by atoms with Crippen molar-refractivity contribution in [1.29, 1.82) is 0 Å². The van der Waals surface area contributed by atoms with Gasteiger partial charge >= 0.3 is 0 Å². The fraction of sp³-hybridized carbons (Fsp3) is 1.00. The molecule has 0 saturated carbocycles. The van der Waals surface area contributed by atoms with E-state index in [-0.39, 0.29) is 102 Å². The smallest absolute Gasteiger partial charge is 0.154 e. The second-order valence-electron chi connectivity index (χ2n) is 1.48. The van der Waals surface area contributed by atoms with Crippen molar-refractivity contribution < 1.29 is 30.5 Å². The summed E-state index contributed by atoms with van der Waals surface area (Å²) in [6.07, 6.45) is -0.0370. The van der Waals surface area contributed by atoms with Gasteiger partial charge < -0.3 is 9.47 Å². The van der Waals surface area contributed by atoms with Crippen molar-refractivity contribution in [3.05, 3.63) is 0 Å². The number of halogens is 6. The van der Waals surface area contributed by atoms with Crippen LogP contribution in [0.15, 0.2) is 0 Å². The maximum atomic E-state index is 5.06. The summed E-state index contributed by atoms with van der Waals surface area (Å²) < 4.78 is 10.1. The van der Waals surface area contributed by atoms with Crippen LogP contribution in [0.25, 0.3) is 0 Å². The van der Waals surface area contributed by atoms with Crippen molar-refractivity contribution in [1.82, 2.24) is 0 Å². The molecule has 0 unspecified atom stereocenters. The Balaban J connectivity index is -0.0000000117. The van der Waals surface area contributed by atoms with Gasteiger partial charge in [-0.15, -0.1) is 74.4 Å². The largest absolute Gasteiger partial charge is 0.353 e. The van der Waals surface area contributed by atoms with Crippen molar-refractivity contribution in [2.45, 2.75) is 27.1 Å². The first kappa shape index (κ1) is 53.1. The SMILES string of the molecule is CCOC(C)OCC.Cl.Cl.Cl.Cl.Cl.Cl.[W]. The summed E-state index contributed by atoms with van der Waals surface area (Å²) in [6, 6.07) is 0. The quantitative estimate of drug-likeness (QED) is 0.523. The van der Waals surface area contributed by atoms with E-state index in [0.29, 0.717) is 0 Å². The van der Waals surface area contributed by atoms with Gasteiger partial charge in [0.2, 0.25) is 0 Å². The van der Waals surface area contributed by atoms with Crippen LogP contribution in [0.3, 0.4) is 0 Å². The summed E-state index contributed by atoms with van der Waals surface area (Å²) in [7, 11) is 0. The monoisotopic (exact) mass is 518 g/mol. The van der Waals surface area contributed by atoms with Crippen LogP contribution in [0.2, 0.25) is 0 Å². The van der Waals surface area contributed by atoms with Crippen LogP contribution in [0.5, 0.6) is 0 Å². The van der Waals surface area contributed by atoms with E-state index in [1.54, 1.807) is 0 Å². The van der Waals surface area contributed by atoms with Crippen LogP contribution in [-0.4, -0.2) is 19.5 Å². The average Bonchev–Trinajstić information content (AvgIpc) is 1.68. The Hall–Kier alpha value is 2.35. The van der Waals surface area contributed by atoms with E-state index in [2.05, 4.69) is 0 Å². The van der Waals surface area contributed by atoms with E-state index >= 15 is 0 Å². The predicted molar refractivity (Wildman–Crippen MR) is 76.2 cm³/mol. The van der Waals surface area contributed by atoms with E-state index in [9.17, 15) is 0 Å². The van der Waals surface area contributed by atoms with Crippen LogP contribution in [-0.2, 0) is 30.5 Å². The fourth-order valence-electron chi connectivity index (χ4n) is 0.518. The summed E-state index contributed by atoms with van der Waals surface area (Å²) >= 11 is 0. The van der Waals surface area contributed by atoms with Gasteiger partial charge in [0.05, 0.1) is 0 Å². The summed E-state index contributed by atoms with van der Waals surface area (Å²) in [5.74, 6) is 0. The molecule has 2 nitrogen and oxygen atoms in total. The molecule has 0 bridgehead atoms. The fourth-order valence-corrected chi connectivity index (χ4v) is 0.518. The third kappa shape index (κ3) is 48.3. The van der Waals surface area contributed by atoms with Gasteiger partial charge in [0.1, 0.15) is 0 Å². The zero-order valence-corrected chi connectivity index (χ0v) is 16.5. The molecule has 0 saturated heterocycles. The molecule has 0 heterocycles. The van der Waals surface area contributed by atoms with Crippen LogP contribution >= 0.6 is 74.4 Å². The molecule has 0 aliphatic heterocycles. The molecular weight excluding hydrogens is 501 g/mol. The van der Waals surface area contributed by atoms with Crippen LogP contribution in [0.4, 0.5) is 0 Å². The first-order valence-electron chi connectivity index (χ1n) is 3.04. The topological polar surface area (TPSA) is 18.5 Å². The maximum Gasteiger partial charge on any atom is 0.154 e. The standard InChI is InChI=1S/C6H14O2.6ClH.W/c1-4-7-6(3)8-5-2;;;;;;;/h6H,4-5H2,1-3H3;6*1H;. The van der Waals surface area contributed by atoms with E-state index < -0.39 is 0 Å². The molecule has 0 rings (SSSR count). The zero-order chi connectivity index (χ0) is 6.41. The predicted octanol–water partition coefficient (Wildman–Crippen LogP) is 3.93. The van der Waals surface area contributed by atoms with Crippen molar-refractivity contribution in [3.8, 4) is 0 Å². The van der Waals surface area contributed by atoms with Gasteiger partial charge in [0.15, 0.2) is 6.29 Å². The molecule has 0 N–H and O–H groups in total.